The number of nitrogens with two attached hydrogens (primary N) is 1. The second-order valence-electron chi connectivity index (χ2n) is 6.23. The van der Waals surface area contributed by atoms with Crippen molar-refractivity contribution in [2.24, 2.45) is 5.73 Å². The third-order valence-corrected chi connectivity index (χ3v) is 3.79. The molecule has 0 spiro atoms. The molecule has 160 valence electrons. The number of hydrogen-bond acceptors (Lipinski definition) is 7. The summed E-state index contributed by atoms with van der Waals surface area (Å²) in [7, 11) is 0. The minimum Gasteiger partial charge on any atom is -0.481 e. The van der Waals surface area contributed by atoms with E-state index in [9.17, 15) is 24.0 Å². The molecule has 0 saturated heterocycles. The average Bonchev–Trinajstić information content (AvgIpc) is 3.16. The lowest BCUT2D eigenvalue weighted by atomic mass is 10.1. The molecule has 1 heterocycles. The number of carboxylic acid groups (broad SMARTS) is 2. The van der Waals surface area contributed by atoms with Crippen LogP contribution in [0.25, 0.3) is 0 Å². The molecular formula is C16H24N6O7. The Morgan fingerprint density at radius 2 is 1.86 bits per heavy atom. The van der Waals surface area contributed by atoms with Gasteiger partial charge in [0, 0.05) is 24.7 Å². The quantitative estimate of drug-likeness (QED) is 0.190. The summed E-state index contributed by atoms with van der Waals surface area (Å²) in [5, 5.41) is 24.3. The van der Waals surface area contributed by atoms with E-state index in [0.29, 0.717) is 5.69 Å². The summed E-state index contributed by atoms with van der Waals surface area (Å²) in [6.07, 6.45) is 2.41. The Kier molecular flexibility index (Phi) is 9.25. The first kappa shape index (κ1) is 23.6. The number of nitrogens with one attached hydrogen (secondary N) is 4. The topological polar surface area (TPSA) is 217 Å². The number of imidazole rings is 1. The maximum Gasteiger partial charge on any atom is 0.325 e. The Morgan fingerprint density at radius 3 is 2.41 bits per heavy atom. The Hall–Kier alpha value is -3.48. The zero-order valence-electron chi connectivity index (χ0n) is 15.7. The van der Waals surface area contributed by atoms with Gasteiger partial charge in [-0.3, -0.25) is 24.0 Å². The van der Waals surface area contributed by atoms with Gasteiger partial charge in [-0.15, -0.1) is 0 Å². The van der Waals surface area contributed by atoms with E-state index in [-0.39, 0.29) is 19.3 Å². The van der Waals surface area contributed by atoms with Gasteiger partial charge in [0.05, 0.1) is 18.9 Å². The number of carboxylic acids is 2. The number of rotatable bonds is 12. The van der Waals surface area contributed by atoms with Crippen LogP contribution in [0.4, 0.5) is 0 Å². The minimum absolute atomic E-state index is 0.0103. The molecule has 0 saturated carbocycles. The van der Waals surface area contributed by atoms with E-state index in [2.05, 4.69) is 25.9 Å². The molecule has 3 unspecified atom stereocenters. The SMILES string of the molecule is CC(NC(=O)CNC(=O)C(Cc1cnc[nH]1)NC(=O)C(N)CCC(=O)O)C(=O)O. The molecule has 0 aliphatic rings. The first-order chi connectivity index (χ1) is 13.6. The number of aliphatic carboxylic acids is 2. The highest BCUT2D eigenvalue weighted by Crippen LogP contribution is 2.01. The van der Waals surface area contributed by atoms with Gasteiger partial charge in [-0.2, -0.15) is 0 Å². The van der Waals surface area contributed by atoms with Gasteiger partial charge in [0.2, 0.25) is 17.7 Å². The molecule has 0 radical (unpaired) electrons. The van der Waals surface area contributed by atoms with Crippen LogP contribution < -0.4 is 21.7 Å². The second kappa shape index (κ2) is 11.4. The van der Waals surface area contributed by atoms with Crippen molar-refractivity contribution in [2.75, 3.05) is 6.54 Å². The van der Waals surface area contributed by atoms with Gasteiger partial charge < -0.3 is 36.9 Å². The van der Waals surface area contributed by atoms with Crippen molar-refractivity contribution in [3.8, 4) is 0 Å². The number of carbonyl (C=O) groups excluding carboxylic acids is 3. The van der Waals surface area contributed by atoms with Crippen molar-refractivity contribution in [1.82, 2.24) is 25.9 Å². The van der Waals surface area contributed by atoms with Gasteiger partial charge >= 0.3 is 11.9 Å². The lowest BCUT2D eigenvalue weighted by Gasteiger charge is -2.20. The van der Waals surface area contributed by atoms with Gasteiger partial charge in [-0.25, -0.2) is 4.98 Å². The fourth-order valence-corrected chi connectivity index (χ4v) is 2.16. The summed E-state index contributed by atoms with van der Waals surface area (Å²) >= 11 is 0. The van der Waals surface area contributed by atoms with Crippen molar-refractivity contribution >= 4 is 29.7 Å². The van der Waals surface area contributed by atoms with E-state index in [4.69, 9.17) is 15.9 Å². The number of nitrogens with zero attached hydrogens (tertiary/aromatic N) is 1. The molecule has 0 bridgehead atoms. The van der Waals surface area contributed by atoms with Gasteiger partial charge in [0.15, 0.2) is 0 Å². The molecule has 1 aromatic rings. The van der Waals surface area contributed by atoms with Gasteiger partial charge in [0.25, 0.3) is 0 Å². The Bertz CT molecular complexity index is 736. The van der Waals surface area contributed by atoms with Crippen LogP contribution >= 0.6 is 0 Å². The third-order valence-electron chi connectivity index (χ3n) is 3.79. The molecule has 3 amide bonds. The molecule has 3 atom stereocenters. The molecule has 0 fully saturated rings. The fourth-order valence-electron chi connectivity index (χ4n) is 2.16. The van der Waals surface area contributed by atoms with E-state index in [1.54, 1.807) is 0 Å². The number of aromatic amines is 1. The predicted octanol–water partition coefficient (Wildman–Crippen LogP) is -2.67. The summed E-state index contributed by atoms with van der Waals surface area (Å²) in [5.41, 5.74) is 6.17. The average molecular weight is 412 g/mol. The van der Waals surface area contributed by atoms with Crippen LogP contribution in [0, 0.1) is 0 Å². The predicted molar refractivity (Wildman–Crippen MR) is 97.3 cm³/mol. The smallest absolute Gasteiger partial charge is 0.325 e. The molecule has 29 heavy (non-hydrogen) atoms. The van der Waals surface area contributed by atoms with Crippen molar-refractivity contribution < 1.29 is 34.2 Å². The van der Waals surface area contributed by atoms with Crippen molar-refractivity contribution in [3.05, 3.63) is 18.2 Å². The standard InChI is InChI=1S/C16H24N6O7/c1-8(16(28)29)21-12(23)6-19-15(27)11(4-9-5-18-7-20-9)22-14(26)10(17)2-3-13(24)25/h5,7-8,10-11H,2-4,6,17H2,1H3,(H,18,20)(H,19,27)(H,21,23)(H,22,26)(H,24,25)(H,28,29). The maximum absolute atomic E-state index is 12.4. The maximum atomic E-state index is 12.4. The zero-order chi connectivity index (χ0) is 22.0. The van der Waals surface area contributed by atoms with Crippen LogP contribution in [-0.4, -0.2) is 74.5 Å². The number of hydrogen-bond donors (Lipinski definition) is 7. The first-order valence-corrected chi connectivity index (χ1v) is 8.65. The van der Waals surface area contributed by atoms with Crippen molar-refractivity contribution in [2.45, 2.75) is 44.3 Å². The van der Waals surface area contributed by atoms with Crippen LogP contribution in [0.3, 0.4) is 0 Å². The zero-order valence-corrected chi connectivity index (χ0v) is 15.7. The van der Waals surface area contributed by atoms with Crippen LogP contribution in [-0.2, 0) is 30.4 Å². The molecule has 0 aromatic carbocycles. The Balaban J connectivity index is 2.69. The van der Waals surface area contributed by atoms with Crippen molar-refractivity contribution in [3.63, 3.8) is 0 Å². The lowest BCUT2D eigenvalue weighted by molar-refractivity contribution is -0.141. The van der Waals surface area contributed by atoms with Gasteiger partial charge in [-0.05, 0) is 13.3 Å². The van der Waals surface area contributed by atoms with E-state index in [1.807, 2.05) is 0 Å². The second-order valence-corrected chi connectivity index (χ2v) is 6.23. The fraction of sp³-hybridized carbons (Fsp3) is 0.500. The van der Waals surface area contributed by atoms with Gasteiger partial charge in [0.1, 0.15) is 12.1 Å². The first-order valence-electron chi connectivity index (χ1n) is 8.65. The monoisotopic (exact) mass is 412 g/mol. The number of amides is 3. The van der Waals surface area contributed by atoms with E-state index in [1.165, 1.54) is 19.4 Å². The Labute approximate surface area is 165 Å². The molecule has 13 heteroatoms. The minimum atomic E-state index is -1.23. The van der Waals surface area contributed by atoms with Gasteiger partial charge in [-0.1, -0.05) is 0 Å². The van der Waals surface area contributed by atoms with Crippen LogP contribution in [0.15, 0.2) is 12.5 Å². The van der Waals surface area contributed by atoms with Crippen LogP contribution in [0.1, 0.15) is 25.5 Å². The summed E-state index contributed by atoms with van der Waals surface area (Å²) < 4.78 is 0. The summed E-state index contributed by atoms with van der Waals surface area (Å²) in [6.45, 7) is 0.763. The number of aromatic nitrogens is 2. The van der Waals surface area contributed by atoms with E-state index < -0.39 is 54.3 Å². The molecule has 1 rings (SSSR count). The summed E-state index contributed by atoms with van der Waals surface area (Å²) in [4.78, 5) is 64.2. The van der Waals surface area contributed by atoms with Crippen molar-refractivity contribution in [1.29, 1.82) is 0 Å². The molecule has 8 N–H and O–H groups in total. The molecule has 1 aromatic heterocycles. The third kappa shape index (κ3) is 8.83. The summed E-state index contributed by atoms with van der Waals surface area (Å²) in [5.74, 6) is -4.50. The molecule has 0 aliphatic carbocycles. The molecule has 13 nitrogen and oxygen atoms in total. The lowest BCUT2D eigenvalue weighted by Crippen LogP contribution is -2.54. The van der Waals surface area contributed by atoms with E-state index in [0.717, 1.165) is 0 Å². The normalized spacial score (nSPS) is 13.6. The highest BCUT2D eigenvalue weighted by atomic mass is 16.4. The van der Waals surface area contributed by atoms with E-state index >= 15 is 0 Å². The molecular weight excluding hydrogens is 388 g/mol. The highest BCUT2D eigenvalue weighted by Gasteiger charge is 2.25. The van der Waals surface area contributed by atoms with Crippen LogP contribution in [0.2, 0.25) is 0 Å². The summed E-state index contributed by atoms with van der Waals surface area (Å²) in [6, 6.07) is -3.39. The number of H-pyrrole nitrogens is 1. The molecule has 0 aliphatic heterocycles. The number of carbonyl (C=O) groups is 5. The Morgan fingerprint density at radius 1 is 1.17 bits per heavy atom. The largest absolute Gasteiger partial charge is 0.481 e. The van der Waals surface area contributed by atoms with Crippen LogP contribution in [0.5, 0.6) is 0 Å². The highest BCUT2D eigenvalue weighted by molar-refractivity contribution is 5.92.